The third-order valence-corrected chi connectivity index (χ3v) is 6.73. The number of unbranched alkanes of at least 4 members (excludes halogenated alkanes) is 1. The van der Waals surface area contributed by atoms with E-state index in [0.29, 0.717) is 31.1 Å². The Bertz CT molecular complexity index is 826. The molecule has 0 unspecified atom stereocenters. The molecule has 0 atom stereocenters. The second-order valence-electron chi connectivity index (χ2n) is 6.66. The Morgan fingerprint density at radius 2 is 1.69 bits per heavy atom. The molecule has 0 aromatic heterocycles. The van der Waals surface area contributed by atoms with Crippen molar-refractivity contribution in [3.8, 4) is 5.75 Å². The second-order valence-corrected chi connectivity index (χ2v) is 8.60. The molecule has 0 saturated carbocycles. The van der Waals surface area contributed by atoms with Gasteiger partial charge >= 0.3 is 0 Å². The van der Waals surface area contributed by atoms with E-state index in [2.05, 4.69) is 11.8 Å². The van der Waals surface area contributed by atoms with E-state index >= 15 is 0 Å². The summed E-state index contributed by atoms with van der Waals surface area (Å²) >= 11 is 0. The highest BCUT2D eigenvalue weighted by Gasteiger charge is 2.28. The van der Waals surface area contributed by atoms with Crippen LogP contribution in [0.2, 0.25) is 0 Å². The van der Waals surface area contributed by atoms with Gasteiger partial charge in [-0.2, -0.15) is 4.31 Å². The molecule has 1 saturated heterocycles. The zero-order chi connectivity index (χ0) is 18.6. The molecule has 6 heteroatoms. The van der Waals surface area contributed by atoms with Gasteiger partial charge in [0.05, 0.1) is 4.90 Å². The molecule has 1 aliphatic rings. The molecule has 0 spiro atoms. The maximum absolute atomic E-state index is 12.9. The molecule has 5 nitrogen and oxygen atoms in total. The van der Waals surface area contributed by atoms with Gasteiger partial charge in [-0.05, 0) is 42.7 Å². The summed E-state index contributed by atoms with van der Waals surface area (Å²) in [5.74, 6) is 0.223. The van der Waals surface area contributed by atoms with E-state index in [1.807, 2.05) is 18.2 Å². The third-order valence-electron chi connectivity index (χ3n) is 4.81. The van der Waals surface area contributed by atoms with Crippen molar-refractivity contribution in [2.24, 2.45) is 0 Å². The van der Waals surface area contributed by atoms with Crippen LogP contribution < -0.4 is 4.90 Å². The van der Waals surface area contributed by atoms with Crippen molar-refractivity contribution in [3.05, 3.63) is 54.1 Å². The predicted octanol–water partition coefficient (Wildman–Crippen LogP) is 3.25. The van der Waals surface area contributed by atoms with E-state index in [0.717, 1.165) is 24.9 Å². The Hall–Kier alpha value is -2.05. The highest BCUT2D eigenvalue weighted by Crippen LogP contribution is 2.24. The average molecular weight is 375 g/mol. The number of phenolic OH excluding ortho intramolecular Hbond substituents is 1. The summed E-state index contributed by atoms with van der Waals surface area (Å²) in [5.41, 5.74) is 2.10. The summed E-state index contributed by atoms with van der Waals surface area (Å²) in [5, 5.41) is 9.62. The summed E-state index contributed by atoms with van der Waals surface area (Å²) in [6, 6.07) is 14.4. The molecule has 140 valence electrons. The molecule has 2 aromatic rings. The summed E-state index contributed by atoms with van der Waals surface area (Å²) in [6.07, 6.45) is 3.23. The zero-order valence-corrected chi connectivity index (χ0v) is 16.0. The van der Waals surface area contributed by atoms with Crippen molar-refractivity contribution >= 4 is 15.7 Å². The number of hydrogen-bond donors (Lipinski definition) is 1. The topological polar surface area (TPSA) is 60.9 Å². The lowest BCUT2D eigenvalue weighted by Crippen LogP contribution is -2.48. The smallest absolute Gasteiger partial charge is 0.243 e. The van der Waals surface area contributed by atoms with Gasteiger partial charge in [0.15, 0.2) is 0 Å². The minimum atomic E-state index is -3.46. The fourth-order valence-corrected chi connectivity index (χ4v) is 4.66. The summed E-state index contributed by atoms with van der Waals surface area (Å²) in [7, 11) is -3.46. The van der Waals surface area contributed by atoms with Crippen LogP contribution in [-0.4, -0.2) is 44.0 Å². The molecular weight excluding hydrogens is 348 g/mol. The van der Waals surface area contributed by atoms with Crippen LogP contribution in [0.4, 0.5) is 5.69 Å². The SMILES string of the molecule is CCCCc1ccc(S(=O)(=O)N2CCN(c3cccc(O)c3)CC2)cc1. The maximum atomic E-state index is 12.9. The van der Waals surface area contributed by atoms with E-state index in [4.69, 9.17) is 0 Å². The van der Waals surface area contributed by atoms with Gasteiger partial charge in [-0.25, -0.2) is 8.42 Å². The first-order valence-corrected chi connectivity index (χ1v) is 10.6. The van der Waals surface area contributed by atoms with Crippen LogP contribution in [-0.2, 0) is 16.4 Å². The Morgan fingerprint density at radius 3 is 2.31 bits per heavy atom. The first-order chi connectivity index (χ1) is 12.5. The molecule has 26 heavy (non-hydrogen) atoms. The quantitative estimate of drug-likeness (QED) is 0.843. The molecule has 0 radical (unpaired) electrons. The number of rotatable bonds is 6. The summed E-state index contributed by atoms with van der Waals surface area (Å²) in [4.78, 5) is 2.46. The number of benzene rings is 2. The normalized spacial score (nSPS) is 16.0. The first-order valence-electron chi connectivity index (χ1n) is 9.14. The van der Waals surface area contributed by atoms with Crippen LogP contribution in [0.25, 0.3) is 0 Å². The number of nitrogens with zero attached hydrogens (tertiary/aromatic N) is 2. The van der Waals surface area contributed by atoms with E-state index in [1.165, 1.54) is 5.56 Å². The predicted molar refractivity (Wildman–Crippen MR) is 104 cm³/mol. The summed E-state index contributed by atoms with van der Waals surface area (Å²) in [6.45, 7) is 4.25. The van der Waals surface area contributed by atoms with E-state index < -0.39 is 10.0 Å². The van der Waals surface area contributed by atoms with Gasteiger partial charge in [0.25, 0.3) is 0 Å². The van der Waals surface area contributed by atoms with E-state index in [1.54, 1.807) is 34.6 Å². The Morgan fingerprint density at radius 1 is 1.00 bits per heavy atom. The Balaban J connectivity index is 1.66. The summed E-state index contributed by atoms with van der Waals surface area (Å²) < 4.78 is 27.3. The number of aromatic hydroxyl groups is 1. The molecule has 2 aromatic carbocycles. The van der Waals surface area contributed by atoms with Gasteiger partial charge < -0.3 is 10.0 Å². The molecule has 0 amide bonds. The number of aryl methyl sites for hydroxylation is 1. The molecule has 1 N–H and O–H groups in total. The lowest BCUT2D eigenvalue weighted by molar-refractivity contribution is 0.384. The second kappa shape index (κ2) is 8.10. The van der Waals surface area contributed by atoms with E-state index in [-0.39, 0.29) is 5.75 Å². The van der Waals surface area contributed by atoms with Crippen molar-refractivity contribution in [2.45, 2.75) is 31.1 Å². The molecule has 1 aliphatic heterocycles. The minimum Gasteiger partial charge on any atom is -0.508 e. The van der Waals surface area contributed by atoms with Crippen LogP contribution in [0.5, 0.6) is 5.75 Å². The fraction of sp³-hybridized carbons (Fsp3) is 0.400. The van der Waals surface area contributed by atoms with Crippen LogP contribution in [0.3, 0.4) is 0 Å². The van der Waals surface area contributed by atoms with Crippen LogP contribution >= 0.6 is 0 Å². The number of phenols is 1. The number of piperazine rings is 1. The highest BCUT2D eigenvalue weighted by molar-refractivity contribution is 7.89. The minimum absolute atomic E-state index is 0.223. The van der Waals surface area contributed by atoms with Crippen LogP contribution in [0.1, 0.15) is 25.3 Å². The van der Waals surface area contributed by atoms with Crippen molar-refractivity contribution in [1.29, 1.82) is 0 Å². The zero-order valence-electron chi connectivity index (χ0n) is 15.1. The standard InChI is InChI=1S/C20H26N2O3S/c1-2-3-5-17-8-10-20(11-9-17)26(24,25)22-14-12-21(13-15-22)18-6-4-7-19(23)16-18/h4,6-11,16,23H,2-3,5,12-15H2,1H3. The van der Waals surface area contributed by atoms with Crippen molar-refractivity contribution in [2.75, 3.05) is 31.1 Å². The van der Waals surface area contributed by atoms with Crippen molar-refractivity contribution in [3.63, 3.8) is 0 Å². The third kappa shape index (κ3) is 4.19. The number of anilines is 1. The lowest BCUT2D eigenvalue weighted by atomic mass is 10.1. The molecule has 0 bridgehead atoms. The highest BCUT2D eigenvalue weighted by atomic mass is 32.2. The molecule has 1 fully saturated rings. The van der Waals surface area contributed by atoms with Gasteiger partial charge in [0.1, 0.15) is 5.75 Å². The van der Waals surface area contributed by atoms with E-state index in [9.17, 15) is 13.5 Å². The molecular formula is C20H26N2O3S. The van der Waals surface area contributed by atoms with Gasteiger partial charge in [0, 0.05) is 37.9 Å². The monoisotopic (exact) mass is 374 g/mol. The van der Waals surface area contributed by atoms with Crippen molar-refractivity contribution in [1.82, 2.24) is 4.31 Å². The number of hydrogen-bond acceptors (Lipinski definition) is 4. The molecule has 3 rings (SSSR count). The maximum Gasteiger partial charge on any atom is 0.243 e. The number of sulfonamides is 1. The lowest BCUT2D eigenvalue weighted by Gasteiger charge is -2.35. The average Bonchev–Trinajstić information content (AvgIpc) is 2.67. The molecule has 0 aliphatic carbocycles. The first kappa shape index (κ1) is 18.7. The van der Waals surface area contributed by atoms with Gasteiger partial charge in [-0.3, -0.25) is 0 Å². The van der Waals surface area contributed by atoms with Crippen molar-refractivity contribution < 1.29 is 13.5 Å². The van der Waals surface area contributed by atoms with Gasteiger partial charge in [-0.1, -0.05) is 31.5 Å². The van der Waals surface area contributed by atoms with Gasteiger partial charge in [-0.15, -0.1) is 0 Å². The fourth-order valence-electron chi connectivity index (χ4n) is 3.23. The largest absolute Gasteiger partial charge is 0.508 e. The molecule has 1 heterocycles. The van der Waals surface area contributed by atoms with Gasteiger partial charge in [0.2, 0.25) is 10.0 Å². The Kier molecular flexibility index (Phi) is 5.84. The van der Waals surface area contributed by atoms with Crippen LogP contribution in [0.15, 0.2) is 53.4 Å². The Labute approximate surface area is 155 Å². The van der Waals surface area contributed by atoms with Crippen LogP contribution in [0, 0.1) is 0 Å².